The lowest BCUT2D eigenvalue weighted by atomic mass is 9.94. The lowest BCUT2D eigenvalue weighted by Crippen LogP contribution is -2.42. The Morgan fingerprint density at radius 3 is 2.50 bits per heavy atom. The molecule has 1 aromatic carbocycles. The maximum absolute atomic E-state index is 12.7. The predicted octanol–water partition coefficient (Wildman–Crippen LogP) is 2.79. The van der Waals surface area contributed by atoms with E-state index in [9.17, 15) is 13.2 Å². The molecule has 3 rings (SSSR count). The summed E-state index contributed by atoms with van der Waals surface area (Å²) in [5.41, 5.74) is 1.03. The van der Waals surface area contributed by atoms with Gasteiger partial charge in [0.15, 0.2) is 0 Å². The Hall–Kier alpha value is -2.25. The van der Waals surface area contributed by atoms with E-state index in [4.69, 9.17) is 0 Å². The Morgan fingerprint density at radius 1 is 1.18 bits per heavy atom. The highest BCUT2D eigenvalue weighted by Gasteiger charge is 2.30. The summed E-state index contributed by atoms with van der Waals surface area (Å²) in [5, 5.41) is 3.07. The van der Waals surface area contributed by atoms with Crippen LogP contribution >= 0.6 is 0 Å². The molecule has 0 radical (unpaired) electrons. The van der Waals surface area contributed by atoms with Gasteiger partial charge in [-0.25, -0.2) is 8.42 Å². The topological polar surface area (TPSA) is 79.4 Å². The van der Waals surface area contributed by atoms with Crippen molar-refractivity contribution < 1.29 is 13.2 Å². The van der Waals surface area contributed by atoms with Gasteiger partial charge in [0.1, 0.15) is 4.90 Å². The van der Waals surface area contributed by atoms with Crippen molar-refractivity contribution in [3.63, 3.8) is 0 Å². The van der Waals surface area contributed by atoms with Crippen molar-refractivity contribution in [3.05, 3.63) is 60.4 Å². The minimum absolute atomic E-state index is 0.0408. The van der Waals surface area contributed by atoms with Crippen molar-refractivity contribution in [2.45, 2.75) is 37.0 Å². The first-order valence-corrected chi connectivity index (χ1v) is 11.2. The van der Waals surface area contributed by atoms with Crippen LogP contribution in [0, 0.1) is 5.92 Å². The molecule has 1 fully saturated rings. The lowest BCUT2D eigenvalue weighted by molar-refractivity contribution is -0.122. The first-order chi connectivity index (χ1) is 13.5. The smallest absolute Gasteiger partial charge is 0.244 e. The van der Waals surface area contributed by atoms with Crippen LogP contribution < -0.4 is 5.32 Å². The fraction of sp³-hybridized carbons (Fsp3) is 0.429. The molecule has 6 nitrogen and oxygen atoms in total. The summed E-state index contributed by atoms with van der Waals surface area (Å²) in [4.78, 5) is 16.7. The van der Waals surface area contributed by atoms with E-state index in [1.165, 1.54) is 10.5 Å². The van der Waals surface area contributed by atoms with Crippen molar-refractivity contribution in [1.82, 2.24) is 14.6 Å². The molecule has 0 saturated carbocycles. The van der Waals surface area contributed by atoms with Gasteiger partial charge in [-0.2, -0.15) is 4.31 Å². The van der Waals surface area contributed by atoms with Gasteiger partial charge in [-0.3, -0.25) is 9.78 Å². The number of aromatic nitrogens is 1. The summed E-state index contributed by atoms with van der Waals surface area (Å²) in [6.45, 7) is 3.53. The summed E-state index contributed by atoms with van der Waals surface area (Å²) in [6, 6.07) is 13.0. The SMILES string of the molecule is CCC(C(=O)NCC1CCN(S(=O)(=O)c2cccnc2)CC1)c1ccccc1. The Balaban J connectivity index is 1.51. The second kappa shape index (κ2) is 9.30. The molecule has 0 bridgehead atoms. The Kier molecular flexibility index (Phi) is 6.80. The maximum Gasteiger partial charge on any atom is 0.244 e. The molecule has 1 saturated heterocycles. The Morgan fingerprint density at radius 2 is 1.89 bits per heavy atom. The van der Waals surface area contributed by atoms with Crippen molar-refractivity contribution in [2.75, 3.05) is 19.6 Å². The normalized spacial score (nSPS) is 17.2. The second-order valence-corrected chi connectivity index (χ2v) is 9.09. The molecule has 1 atom stereocenters. The first kappa shape index (κ1) is 20.5. The maximum atomic E-state index is 12.7. The number of benzene rings is 1. The van der Waals surface area contributed by atoms with Gasteiger partial charge in [-0.1, -0.05) is 37.3 Å². The zero-order valence-corrected chi connectivity index (χ0v) is 16.9. The molecule has 1 amide bonds. The van der Waals surface area contributed by atoms with Crippen LogP contribution in [0.2, 0.25) is 0 Å². The Bertz CT molecular complexity index is 864. The van der Waals surface area contributed by atoms with Gasteiger partial charge in [0.2, 0.25) is 15.9 Å². The summed E-state index contributed by atoms with van der Waals surface area (Å²) in [5.74, 6) is 0.184. The number of nitrogens with one attached hydrogen (secondary N) is 1. The van der Waals surface area contributed by atoms with Crippen LogP contribution in [0.5, 0.6) is 0 Å². The second-order valence-electron chi connectivity index (χ2n) is 7.15. The van der Waals surface area contributed by atoms with Crippen molar-refractivity contribution >= 4 is 15.9 Å². The molecular weight excluding hydrogens is 374 g/mol. The molecule has 28 heavy (non-hydrogen) atoms. The highest BCUT2D eigenvalue weighted by atomic mass is 32.2. The van der Waals surface area contributed by atoms with Crippen LogP contribution in [0.25, 0.3) is 0 Å². The van der Waals surface area contributed by atoms with Gasteiger partial charge in [0.25, 0.3) is 0 Å². The first-order valence-electron chi connectivity index (χ1n) is 9.75. The lowest BCUT2D eigenvalue weighted by Gasteiger charge is -2.31. The number of pyridine rings is 1. The number of sulfonamides is 1. The summed E-state index contributed by atoms with van der Waals surface area (Å²) < 4.78 is 26.8. The summed E-state index contributed by atoms with van der Waals surface area (Å²) >= 11 is 0. The molecular formula is C21H27N3O3S. The van der Waals surface area contributed by atoms with E-state index in [1.54, 1.807) is 18.3 Å². The number of hydrogen-bond acceptors (Lipinski definition) is 4. The minimum Gasteiger partial charge on any atom is -0.355 e. The molecule has 0 aliphatic carbocycles. The molecule has 1 aliphatic heterocycles. The Labute approximate surface area is 167 Å². The zero-order chi connectivity index (χ0) is 20.0. The molecule has 1 aromatic heterocycles. The third-order valence-corrected chi connectivity index (χ3v) is 7.22. The van der Waals surface area contributed by atoms with Crippen LogP contribution in [0.15, 0.2) is 59.8 Å². The number of hydrogen-bond donors (Lipinski definition) is 1. The monoisotopic (exact) mass is 401 g/mol. The highest BCUT2D eigenvalue weighted by Crippen LogP contribution is 2.24. The zero-order valence-electron chi connectivity index (χ0n) is 16.1. The molecule has 150 valence electrons. The molecule has 7 heteroatoms. The average molecular weight is 402 g/mol. The number of piperidine rings is 1. The number of rotatable bonds is 7. The number of carbonyl (C=O) groups excluding carboxylic acids is 1. The predicted molar refractivity (Wildman–Crippen MR) is 108 cm³/mol. The van der Waals surface area contributed by atoms with Gasteiger partial charge in [0.05, 0.1) is 5.92 Å². The number of nitrogens with zero attached hydrogens (tertiary/aromatic N) is 2. The van der Waals surface area contributed by atoms with E-state index in [0.717, 1.165) is 24.8 Å². The van der Waals surface area contributed by atoms with E-state index in [-0.39, 0.29) is 22.6 Å². The van der Waals surface area contributed by atoms with Crippen LogP contribution in [0.1, 0.15) is 37.7 Å². The molecule has 1 aliphatic rings. The van der Waals surface area contributed by atoms with E-state index in [0.29, 0.717) is 19.6 Å². The van der Waals surface area contributed by atoms with E-state index in [1.807, 2.05) is 37.3 Å². The number of amides is 1. The fourth-order valence-electron chi connectivity index (χ4n) is 3.63. The van der Waals surface area contributed by atoms with Gasteiger partial charge in [-0.15, -0.1) is 0 Å². The van der Waals surface area contributed by atoms with E-state index < -0.39 is 10.0 Å². The van der Waals surface area contributed by atoms with Crippen LogP contribution in [0.3, 0.4) is 0 Å². The number of carbonyl (C=O) groups is 1. The summed E-state index contributed by atoms with van der Waals surface area (Å²) in [6.07, 6.45) is 5.17. The van der Waals surface area contributed by atoms with Crippen molar-refractivity contribution in [2.24, 2.45) is 5.92 Å². The van der Waals surface area contributed by atoms with E-state index in [2.05, 4.69) is 10.3 Å². The van der Waals surface area contributed by atoms with Crippen molar-refractivity contribution in [3.8, 4) is 0 Å². The van der Waals surface area contributed by atoms with Gasteiger partial charge >= 0.3 is 0 Å². The molecule has 0 spiro atoms. The fourth-order valence-corrected chi connectivity index (χ4v) is 5.06. The molecule has 1 N–H and O–H groups in total. The van der Waals surface area contributed by atoms with Crippen LogP contribution in [-0.4, -0.2) is 43.2 Å². The average Bonchev–Trinajstić information content (AvgIpc) is 2.74. The molecule has 2 heterocycles. The molecule has 2 aromatic rings. The van der Waals surface area contributed by atoms with Crippen molar-refractivity contribution in [1.29, 1.82) is 0 Å². The standard InChI is InChI=1S/C21H27N3O3S/c1-2-20(18-7-4-3-5-8-18)21(25)23-15-17-10-13-24(14-11-17)28(26,27)19-9-6-12-22-16-19/h3-9,12,16-17,20H,2,10-11,13-15H2,1H3,(H,23,25). The minimum atomic E-state index is -3.49. The van der Waals surface area contributed by atoms with Gasteiger partial charge in [0, 0.05) is 32.0 Å². The van der Waals surface area contributed by atoms with Gasteiger partial charge in [-0.05, 0) is 42.9 Å². The largest absolute Gasteiger partial charge is 0.355 e. The van der Waals surface area contributed by atoms with Crippen LogP contribution in [-0.2, 0) is 14.8 Å². The third-order valence-electron chi connectivity index (χ3n) is 5.34. The van der Waals surface area contributed by atoms with E-state index >= 15 is 0 Å². The molecule has 1 unspecified atom stereocenters. The summed E-state index contributed by atoms with van der Waals surface area (Å²) in [7, 11) is -3.49. The highest BCUT2D eigenvalue weighted by molar-refractivity contribution is 7.89. The third kappa shape index (κ3) is 4.77. The van der Waals surface area contributed by atoms with Gasteiger partial charge < -0.3 is 5.32 Å². The van der Waals surface area contributed by atoms with Crippen LogP contribution in [0.4, 0.5) is 0 Å². The quantitative estimate of drug-likeness (QED) is 0.774.